The molecule has 2 aromatic heterocycles. The van der Waals surface area contributed by atoms with Crippen molar-refractivity contribution in [2.45, 2.75) is 26.4 Å². The Hall–Kier alpha value is -2.24. The van der Waals surface area contributed by atoms with Crippen molar-refractivity contribution in [1.82, 2.24) is 0 Å². The highest BCUT2D eigenvalue weighted by molar-refractivity contribution is 6.10. The van der Waals surface area contributed by atoms with E-state index in [2.05, 4.69) is 10.1 Å². The van der Waals surface area contributed by atoms with Crippen LogP contribution < -0.4 is 5.32 Å². The fraction of sp³-hybridized carbons (Fsp3) is 0.385. The van der Waals surface area contributed by atoms with E-state index in [1.54, 1.807) is 32.9 Å². The topological polar surface area (TPSA) is 77.8 Å². The molecular weight excluding hydrogens is 250 g/mol. The van der Waals surface area contributed by atoms with E-state index in [0.29, 0.717) is 11.2 Å². The molecule has 0 fully saturated rings. The summed E-state index contributed by atoms with van der Waals surface area (Å²) < 4.78 is 15.1. The van der Waals surface area contributed by atoms with E-state index >= 15 is 0 Å². The highest BCUT2D eigenvalue weighted by Crippen LogP contribution is 2.34. The minimum Gasteiger partial charge on any atom is -0.465 e. The number of fused-ring (bicyclic) bond motifs is 2. The molecule has 0 saturated carbocycles. The average Bonchev–Trinajstić information content (AvgIpc) is 2.85. The van der Waals surface area contributed by atoms with Gasteiger partial charge in [0.25, 0.3) is 0 Å². The van der Waals surface area contributed by atoms with E-state index in [0.717, 1.165) is 0 Å². The van der Waals surface area contributed by atoms with Gasteiger partial charge < -0.3 is 13.9 Å². The van der Waals surface area contributed by atoms with Crippen LogP contribution in [0, 0.1) is 0 Å². The Morgan fingerprint density at radius 2 is 1.84 bits per heavy atom. The van der Waals surface area contributed by atoms with E-state index in [1.807, 2.05) is 0 Å². The number of hydrogen-bond donors (Lipinski definition) is 1. The molecule has 0 aliphatic rings. The Bertz CT molecular complexity index is 608. The largest absolute Gasteiger partial charge is 0.465 e. The summed E-state index contributed by atoms with van der Waals surface area (Å²) in [5.74, 6) is -0.569. The van der Waals surface area contributed by atoms with Gasteiger partial charge in [-0.15, -0.1) is 0 Å². The highest BCUT2D eigenvalue weighted by Gasteiger charge is 2.26. The van der Waals surface area contributed by atoms with Gasteiger partial charge in [-0.3, -0.25) is 5.32 Å². The van der Waals surface area contributed by atoms with Crippen molar-refractivity contribution < 1.29 is 23.5 Å². The number of nitrogens with one attached hydrogen (secondary N) is 1. The van der Waals surface area contributed by atoms with Crippen molar-refractivity contribution in [2.75, 3.05) is 12.4 Å². The summed E-state index contributed by atoms with van der Waals surface area (Å²) in [7, 11) is 1.27. The van der Waals surface area contributed by atoms with Crippen molar-refractivity contribution in [1.29, 1.82) is 0 Å². The van der Waals surface area contributed by atoms with E-state index in [9.17, 15) is 9.59 Å². The molecule has 2 bridgehead atoms. The summed E-state index contributed by atoms with van der Waals surface area (Å²) in [6.45, 7) is 5.25. The Kier molecular flexibility index (Phi) is 3.09. The number of benzene rings is 1. The van der Waals surface area contributed by atoms with Gasteiger partial charge in [0.15, 0.2) is 5.58 Å². The molecule has 0 spiro atoms. The first-order valence-corrected chi connectivity index (χ1v) is 5.75. The zero-order chi connectivity index (χ0) is 14.2. The molecule has 0 radical (unpaired) electrons. The number of rotatable bonds is 2. The third-order valence-electron chi connectivity index (χ3n) is 2.36. The van der Waals surface area contributed by atoms with Crippen LogP contribution in [0.1, 0.15) is 31.1 Å². The van der Waals surface area contributed by atoms with Crippen molar-refractivity contribution in [3.05, 3.63) is 17.7 Å². The highest BCUT2D eigenvalue weighted by atomic mass is 16.6. The third kappa shape index (κ3) is 2.62. The molecule has 2 heterocycles. The van der Waals surface area contributed by atoms with Gasteiger partial charge in [-0.25, -0.2) is 9.59 Å². The summed E-state index contributed by atoms with van der Waals surface area (Å²) >= 11 is 0. The molecule has 0 unspecified atom stereocenters. The quantitative estimate of drug-likeness (QED) is 0.844. The van der Waals surface area contributed by atoms with E-state index in [-0.39, 0.29) is 11.3 Å². The molecule has 0 saturated heterocycles. The molecule has 6 heteroatoms. The van der Waals surface area contributed by atoms with Crippen LogP contribution in [0.2, 0.25) is 0 Å². The first-order valence-electron chi connectivity index (χ1n) is 5.75. The van der Waals surface area contributed by atoms with Crippen LogP contribution in [-0.2, 0) is 9.47 Å². The van der Waals surface area contributed by atoms with Gasteiger partial charge in [-0.1, -0.05) is 0 Å². The lowest BCUT2D eigenvalue weighted by Gasteiger charge is -2.19. The van der Waals surface area contributed by atoms with Gasteiger partial charge in [0.2, 0.25) is 0 Å². The van der Waals surface area contributed by atoms with Crippen molar-refractivity contribution >= 4 is 28.9 Å². The Balaban J connectivity index is 2.26. The molecule has 6 nitrogen and oxygen atoms in total. The fourth-order valence-corrected chi connectivity index (χ4v) is 1.69. The van der Waals surface area contributed by atoms with Crippen LogP contribution in [0.3, 0.4) is 0 Å². The zero-order valence-corrected chi connectivity index (χ0v) is 11.2. The Labute approximate surface area is 110 Å². The van der Waals surface area contributed by atoms with Gasteiger partial charge >= 0.3 is 12.1 Å². The standard InChI is InChI=1S/C13H15NO5/c1-13(2,3)19-12(16)14-10-8-6-5-7(18-8)9(10)11(15)17-4/h5-6H,1-4H3,(H,14,16). The van der Waals surface area contributed by atoms with Gasteiger partial charge in [-0.05, 0) is 32.9 Å². The second-order valence-corrected chi connectivity index (χ2v) is 5.03. The maximum Gasteiger partial charge on any atom is 0.412 e. The molecule has 0 aliphatic carbocycles. The van der Waals surface area contributed by atoms with Crippen LogP contribution in [0.4, 0.5) is 10.5 Å². The predicted octanol–water partition coefficient (Wildman–Crippen LogP) is 3.00. The number of ether oxygens (including phenoxy) is 2. The molecule has 0 aliphatic heterocycles. The van der Waals surface area contributed by atoms with Crippen LogP contribution in [-0.4, -0.2) is 24.8 Å². The van der Waals surface area contributed by atoms with E-state index < -0.39 is 17.7 Å². The Morgan fingerprint density at radius 1 is 1.21 bits per heavy atom. The summed E-state index contributed by atoms with van der Waals surface area (Å²) in [4.78, 5) is 23.4. The molecule has 1 amide bonds. The lowest BCUT2D eigenvalue weighted by atomic mass is 10.2. The number of carbonyl (C=O) groups is 2. The third-order valence-corrected chi connectivity index (χ3v) is 2.36. The summed E-state index contributed by atoms with van der Waals surface area (Å²) in [5.41, 5.74) is 0.626. The minimum atomic E-state index is -0.651. The Morgan fingerprint density at radius 3 is 2.42 bits per heavy atom. The predicted molar refractivity (Wildman–Crippen MR) is 68.6 cm³/mol. The lowest BCUT2D eigenvalue weighted by Crippen LogP contribution is -2.27. The molecule has 0 atom stereocenters. The first kappa shape index (κ1) is 13.2. The lowest BCUT2D eigenvalue weighted by molar-refractivity contribution is 0.0603. The van der Waals surface area contributed by atoms with Crippen LogP contribution in [0.5, 0.6) is 0 Å². The molecule has 102 valence electrons. The van der Waals surface area contributed by atoms with Gasteiger partial charge in [0.05, 0.1) is 7.11 Å². The number of carbonyl (C=O) groups excluding carboxylic acids is 2. The summed E-state index contributed by atoms with van der Waals surface area (Å²) in [5, 5.41) is 2.52. The smallest absolute Gasteiger partial charge is 0.412 e. The normalized spacial score (nSPS) is 11.6. The fourth-order valence-electron chi connectivity index (χ4n) is 1.69. The van der Waals surface area contributed by atoms with E-state index in [1.165, 1.54) is 7.11 Å². The molecular formula is C13H15NO5. The molecule has 2 aromatic rings. The number of esters is 1. The van der Waals surface area contributed by atoms with Crippen molar-refractivity contribution in [2.24, 2.45) is 0 Å². The average molecular weight is 265 g/mol. The van der Waals surface area contributed by atoms with Crippen molar-refractivity contribution in [3.63, 3.8) is 0 Å². The monoisotopic (exact) mass is 265 g/mol. The number of methoxy groups -OCH3 is 1. The van der Waals surface area contributed by atoms with Crippen LogP contribution in [0.15, 0.2) is 16.5 Å². The molecule has 2 rings (SSSR count). The number of amides is 1. The molecule has 1 N–H and O–H groups in total. The molecule has 0 aromatic carbocycles. The summed E-state index contributed by atoms with van der Waals surface area (Å²) in [6.07, 6.45) is -0.651. The van der Waals surface area contributed by atoms with E-state index in [4.69, 9.17) is 9.15 Å². The van der Waals surface area contributed by atoms with Gasteiger partial charge in [-0.2, -0.15) is 0 Å². The van der Waals surface area contributed by atoms with Crippen LogP contribution in [0.25, 0.3) is 11.2 Å². The van der Waals surface area contributed by atoms with Gasteiger partial charge in [0.1, 0.15) is 22.4 Å². The second-order valence-electron chi connectivity index (χ2n) is 5.03. The number of furan rings is 2. The molecule has 19 heavy (non-hydrogen) atoms. The maximum absolute atomic E-state index is 11.7. The van der Waals surface area contributed by atoms with Gasteiger partial charge in [0, 0.05) is 0 Å². The second kappa shape index (κ2) is 4.46. The maximum atomic E-state index is 11.7. The SMILES string of the molecule is COC(=O)c1c(NC(=O)OC(C)(C)C)c2ccc1o2. The first-order chi connectivity index (χ1) is 8.81. The minimum absolute atomic E-state index is 0.200. The number of hydrogen-bond acceptors (Lipinski definition) is 5. The summed E-state index contributed by atoms with van der Waals surface area (Å²) in [6, 6.07) is 3.30. The van der Waals surface area contributed by atoms with Crippen LogP contribution >= 0.6 is 0 Å². The zero-order valence-electron chi connectivity index (χ0n) is 11.2. The number of anilines is 1. The van der Waals surface area contributed by atoms with Crippen molar-refractivity contribution in [3.8, 4) is 0 Å².